The first-order chi connectivity index (χ1) is 3.93. The molecule has 0 N–H and O–H groups in total. The van der Waals surface area contributed by atoms with E-state index in [0.29, 0.717) is 0 Å². The molecule has 0 amide bonds. The Bertz CT molecular complexity index is 154. The van der Waals surface area contributed by atoms with Crippen molar-refractivity contribution >= 4 is 0 Å². The van der Waals surface area contributed by atoms with Crippen molar-refractivity contribution in [3.63, 3.8) is 0 Å². The fourth-order valence-electron chi connectivity index (χ4n) is 0.464. The molecule has 0 saturated carbocycles. The van der Waals surface area contributed by atoms with Crippen LogP contribution in [0.2, 0.25) is 0 Å². The van der Waals surface area contributed by atoms with Gasteiger partial charge in [-0.25, -0.2) is 0 Å². The van der Waals surface area contributed by atoms with Crippen LogP contribution >= 0.6 is 0 Å². The number of hydrogen-bond acceptors (Lipinski definition) is 1. The van der Waals surface area contributed by atoms with Gasteiger partial charge in [0, 0.05) is 0 Å². The number of hydrogen-bond donors (Lipinski definition) is 0. The van der Waals surface area contributed by atoms with Crippen molar-refractivity contribution in [1.29, 1.82) is 0 Å². The molecule has 0 unspecified atom stereocenters. The predicted octanol–water partition coefficient (Wildman–Crippen LogP) is -1.47. The van der Waals surface area contributed by atoms with Gasteiger partial charge in [0.15, 0.2) is 0 Å². The second-order valence-electron chi connectivity index (χ2n) is 1.38. The summed E-state index contributed by atoms with van der Waals surface area (Å²) in [6.07, 6.45) is 0. The van der Waals surface area contributed by atoms with Gasteiger partial charge in [-0.3, -0.25) is 0 Å². The quantitative estimate of drug-likeness (QED) is 0.488. The Labute approximate surface area is 68.5 Å². The summed E-state index contributed by atoms with van der Waals surface area (Å²) in [5.41, 5.74) is 0. The van der Waals surface area contributed by atoms with Crippen molar-refractivity contribution in [3.05, 3.63) is 30.3 Å². The maximum atomic E-state index is 4.54. The van der Waals surface area contributed by atoms with Gasteiger partial charge >= 0.3 is 55.7 Å². The molecule has 0 aliphatic carbocycles. The molecule has 0 fully saturated rings. The van der Waals surface area contributed by atoms with Gasteiger partial charge in [-0.15, -0.1) is 0 Å². The van der Waals surface area contributed by atoms with Crippen molar-refractivity contribution in [1.82, 2.24) is 0 Å². The van der Waals surface area contributed by atoms with Gasteiger partial charge in [0.2, 0.25) is 0 Å². The minimum absolute atomic E-state index is 0. The number of halogens is 1. The second kappa shape index (κ2) is 4.66. The number of para-hydroxylation sites is 1. The zero-order valence-corrected chi connectivity index (χ0v) is 6.23. The van der Waals surface area contributed by atoms with Crippen LogP contribution < -0.4 is 16.3 Å². The summed E-state index contributed by atoms with van der Waals surface area (Å²) in [5, 5.41) is 0. The van der Waals surface area contributed by atoms with Crippen molar-refractivity contribution < 1.29 is 32.1 Å². The molecule has 1 nitrogen and oxygen atoms in total. The molecule has 0 aliphatic rings. The standard InChI is InChI=1S/C6H6O.ClH.Ni/c7-6-4-2-1-3-5-6;;/h1-5,7H;1H;/q;;+2/p-2. The molecule has 9 heavy (non-hydrogen) atoms. The molecule has 0 spiro atoms. The molecule has 1 aromatic carbocycles. The fraction of sp³-hybridized carbons (Fsp3) is 0. The van der Waals surface area contributed by atoms with E-state index in [1.807, 2.05) is 30.3 Å². The molecule has 52 valence electrons. The molecule has 0 radical (unpaired) electrons. The Balaban J connectivity index is 0.000000640. The number of rotatable bonds is 1. The summed E-state index contributed by atoms with van der Waals surface area (Å²) in [5.74, 6) is 0.743. The van der Waals surface area contributed by atoms with Crippen LogP contribution in [0.4, 0.5) is 0 Å². The Kier molecular flexibility index (Phi) is 4.56. The van der Waals surface area contributed by atoms with Crippen LogP contribution in [-0.2, 0) is 15.8 Å². The molecule has 1 aromatic rings. The van der Waals surface area contributed by atoms with Gasteiger partial charge in [-0.2, -0.15) is 0 Å². The van der Waals surface area contributed by atoms with E-state index < -0.39 is 0 Å². The van der Waals surface area contributed by atoms with Crippen LogP contribution in [0.3, 0.4) is 0 Å². The molecule has 0 atom stereocenters. The molecule has 0 heterocycles. The topological polar surface area (TPSA) is 9.23 Å². The first-order valence-electron chi connectivity index (χ1n) is 2.24. The van der Waals surface area contributed by atoms with Crippen molar-refractivity contribution in [2.24, 2.45) is 0 Å². The molecule has 0 saturated heterocycles. The zero-order chi connectivity index (χ0) is 5.82. The first-order valence-corrected chi connectivity index (χ1v) is 2.65. The summed E-state index contributed by atoms with van der Waals surface area (Å²) >= 11 is 4.05. The van der Waals surface area contributed by atoms with E-state index in [4.69, 9.17) is 0 Å². The van der Waals surface area contributed by atoms with E-state index in [1.165, 1.54) is 0 Å². The fourth-order valence-corrected chi connectivity index (χ4v) is 0.598. The Morgan fingerprint density at radius 1 is 1.11 bits per heavy atom. The predicted molar refractivity (Wildman–Crippen MR) is 27.1 cm³/mol. The summed E-state index contributed by atoms with van der Waals surface area (Å²) in [4.78, 5) is 0. The Morgan fingerprint density at radius 3 is 2.00 bits per heavy atom. The molecule has 0 aliphatic heterocycles. The SMILES string of the molecule is [Cl-].[Ni+][O]c1ccccc1. The van der Waals surface area contributed by atoms with Crippen LogP contribution in [0.1, 0.15) is 0 Å². The summed E-state index contributed by atoms with van der Waals surface area (Å²) in [6.45, 7) is 0. The third-order valence-corrected chi connectivity index (χ3v) is 1.05. The second-order valence-corrected chi connectivity index (χ2v) is 1.58. The average molecular weight is 187 g/mol. The third kappa shape index (κ3) is 2.73. The molecule has 1 rings (SSSR count). The summed E-state index contributed by atoms with van der Waals surface area (Å²) in [7, 11) is 0. The molecule has 0 aromatic heterocycles. The van der Waals surface area contributed by atoms with Gasteiger partial charge in [-0.1, -0.05) is 0 Å². The van der Waals surface area contributed by atoms with Crippen LogP contribution in [0.5, 0.6) is 5.75 Å². The van der Waals surface area contributed by atoms with Crippen molar-refractivity contribution in [2.45, 2.75) is 0 Å². The van der Waals surface area contributed by atoms with Gasteiger partial charge in [0.05, 0.1) is 0 Å². The minimum atomic E-state index is 0. The van der Waals surface area contributed by atoms with E-state index in [2.05, 4.69) is 19.7 Å². The van der Waals surface area contributed by atoms with E-state index in [-0.39, 0.29) is 12.4 Å². The summed E-state index contributed by atoms with van der Waals surface area (Å²) in [6, 6.07) is 9.33. The Morgan fingerprint density at radius 2 is 1.67 bits per heavy atom. The van der Waals surface area contributed by atoms with Crippen LogP contribution in [-0.4, -0.2) is 0 Å². The van der Waals surface area contributed by atoms with E-state index in [1.54, 1.807) is 0 Å². The molecule has 0 bridgehead atoms. The van der Waals surface area contributed by atoms with Crippen molar-refractivity contribution in [2.75, 3.05) is 0 Å². The monoisotopic (exact) mass is 186 g/mol. The Hall–Kier alpha value is -0.196. The van der Waals surface area contributed by atoms with Gasteiger partial charge in [-0.05, 0) is 0 Å². The molecular formula is C6H5ClNiO. The zero-order valence-electron chi connectivity index (χ0n) is 4.49. The average Bonchev–Trinajstić information content (AvgIpc) is 1.90. The van der Waals surface area contributed by atoms with Crippen molar-refractivity contribution in [3.8, 4) is 5.75 Å². The van der Waals surface area contributed by atoms with Gasteiger partial charge < -0.3 is 12.4 Å². The normalized spacial score (nSPS) is 7.78. The van der Waals surface area contributed by atoms with Crippen LogP contribution in [0, 0.1) is 0 Å². The van der Waals surface area contributed by atoms with E-state index >= 15 is 0 Å². The van der Waals surface area contributed by atoms with E-state index in [9.17, 15) is 0 Å². The number of benzene rings is 1. The van der Waals surface area contributed by atoms with Gasteiger partial charge in [0.1, 0.15) is 0 Å². The maximum absolute atomic E-state index is 4.54. The summed E-state index contributed by atoms with van der Waals surface area (Å²) < 4.78 is 4.54. The van der Waals surface area contributed by atoms with E-state index in [0.717, 1.165) is 5.75 Å². The van der Waals surface area contributed by atoms with Crippen LogP contribution in [0.15, 0.2) is 30.3 Å². The van der Waals surface area contributed by atoms with Crippen LogP contribution in [0.25, 0.3) is 0 Å². The van der Waals surface area contributed by atoms with Gasteiger partial charge in [0.25, 0.3) is 0 Å². The molecular weight excluding hydrogens is 182 g/mol. The third-order valence-electron chi connectivity index (χ3n) is 0.818. The molecule has 3 heteroatoms. The first kappa shape index (κ1) is 8.80.